The van der Waals surface area contributed by atoms with Crippen LogP contribution >= 0.6 is 0 Å². The molecule has 0 radical (unpaired) electrons. The lowest BCUT2D eigenvalue weighted by Gasteiger charge is -2.17. The molecule has 1 unspecified atom stereocenters. The van der Waals surface area contributed by atoms with Crippen molar-refractivity contribution >= 4 is 22.0 Å². The second-order valence-corrected chi connectivity index (χ2v) is 7.07. The lowest BCUT2D eigenvalue weighted by molar-refractivity contribution is -0.140. The van der Waals surface area contributed by atoms with E-state index in [4.69, 9.17) is 14.9 Å². The average Bonchev–Trinajstić information content (AvgIpc) is 2.47. The van der Waals surface area contributed by atoms with E-state index in [0.29, 0.717) is 5.56 Å². The highest BCUT2D eigenvalue weighted by molar-refractivity contribution is 7.89. The highest BCUT2D eigenvalue weighted by Gasteiger charge is 2.28. The molecule has 0 aliphatic carbocycles. The predicted molar refractivity (Wildman–Crippen MR) is 85.7 cm³/mol. The van der Waals surface area contributed by atoms with E-state index < -0.39 is 28.0 Å². The number of hydrogen-bond acceptors (Lipinski definition) is 5. The average molecular weight is 359 g/mol. The number of methoxy groups -OCH3 is 1. The lowest BCUT2D eigenvalue weighted by Crippen LogP contribution is -2.40. The number of nitrogens with one attached hydrogen (secondary N) is 1. The van der Waals surface area contributed by atoms with Crippen molar-refractivity contribution in [3.8, 4) is 5.75 Å². The minimum Gasteiger partial charge on any atom is -0.495 e. The van der Waals surface area contributed by atoms with Gasteiger partial charge in [0.1, 0.15) is 16.7 Å². The normalized spacial score (nSPS) is 12.6. The van der Waals surface area contributed by atoms with Gasteiger partial charge in [0.05, 0.1) is 7.11 Å². The standard InChI is InChI=1S/C15H21NO7S/c1-9-7-12(23-3)13(8-10(9)2)24(21,22)16-11(15(19)20)5-4-6-14(17)18/h7-8,11,16H,4-6H2,1-3H3,(H,17,18)(H,19,20). The molecule has 1 rings (SSSR count). The van der Waals surface area contributed by atoms with Gasteiger partial charge < -0.3 is 14.9 Å². The second-order valence-electron chi connectivity index (χ2n) is 5.39. The number of carbonyl (C=O) groups is 2. The molecular formula is C15H21NO7S. The Kier molecular flexibility index (Phi) is 6.73. The second kappa shape index (κ2) is 8.11. The summed E-state index contributed by atoms with van der Waals surface area (Å²) in [5.41, 5.74) is 1.55. The Hall–Kier alpha value is -2.13. The third-order valence-electron chi connectivity index (χ3n) is 3.55. The van der Waals surface area contributed by atoms with Crippen molar-refractivity contribution in [2.45, 2.75) is 44.0 Å². The molecule has 24 heavy (non-hydrogen) atoms. The van der Waals surface area contributed by atoms with E-state index in [1.165, 1.54) is 13.2 Å². The minimum absolute atomic E-state index is 0.0406. The molecule has 0 spiro atoms. The summed E-state index contributed by atoms with van der Waals surface area (Å²) in [6.45, 7) is 3.53. The zero-order valence-electron chi connectivity index (χ0n) is 13.7. The van der Waals surface area contributed by atoms with Crippen molar-refractivity contribution in [2.24, 2.45) is 0 Å². The van der Waals surface area contributed by atoms with E-state index in [2.05, 4.69) is 4.72 Å². The fourth-order valence-corrected chi connectivity index (χ4v) is 3.53. The van der Waals surface area contributed by atoms with Gasteiger partial charge in [-0.25, -0.2) is 8.42 Å². The van der Waals surface area contributed by atoms with Crippen LogP contribution in [0.4, 0.5) is 0 Å². The SMILES string of the molecule is COc1cc(C)c(C)cc1S(=O)(=O)NC(CCCC(=O)O)C(=O)O. The largest absolute Gasteiger partial charge is 0.495 e. The molecule has 0 bridgehead atoms. The minimum atomic E-state index is -4.14. The van der Waals surface area contributed by atoms with E-state index in [9.17, 15) is 18.0 Å². The van der Waals surface area contributed by atoms with E-state index in [1.54, 1.807) is 19.9 Å². The molecular weight excluding hydrogens is 338 g/mol. The highest BCUT2D eigenvalue weighted by Crippen LogP contribution is 2.27. The van der Waals surface area contributed by atoms with Crippen LogP contribution in [0.15, 0.2) is 17.0 Å². The Morgan fingerprint density at radius 3 is 2.29 bits per heavy atom. The predicted octanol–water partition coefficient (Wildman–Crippen LogP) is 1.30. The Labute approximate surface area is 140 Å². The van der Waals surface area contributed by atoms with Crippen LogP contribution in [0.1, 0.15) is 30.4 Å². The van der Waals surface area contributed by atoms with Crippen molar-refractivity contribution in [2.75, 3.05) is 7.11 Å². The summed E-state index contributed by atoms with van der Waals surface area (Å²) >= 11 is 0. The van der Waals surface area contributed by atoms with Crippen molar-refractivity contribution < 1.29 is 33.0 Å². The summed E-state index contributed by atoms with van der Waals surface area (Å²) < 4.78 is 32.2. The number of aliphatic carboxylic acids is 2. The maximum absolute atomic E-state index is 12.5. The van der Waals surface area contributed by atoms with Gasteiger partial charge >= 0.3 is 11.9 Å². The van der Waals surface area contributed by atoms with Gasteiger partial charge in [0.15, 0.2) is 0 Å². The summed E-state index contributed by atoms with van der Waals surface area (Å²) in [5.74, 6) is -2.33. The molecule has 0 aliphatic rings. The lowest BCUT2D eigenvalue weighted by atomic mass is 10.1. The first-order chi connectivity index (χ1) is 11.1. The molecule has 8 nitrogen and oxygen atoms in total. The molecule has 0 aliphatic heterocycles. The zero-order chi connectivity index (χ0) is 18.5. The van der Waals surface area contributed by atoms with E-state index in [-0.39, 0.29) is 29.9 Å². The molecule has 1 atom stereocenters. The molecule has 1 aromatic rings. The van der Waals surface area contributed by atoms with Crippen LogP contribution in [0.3, 0.4) is 0 Å². The van der Waals surface area contributed by atoms with Gasteiger partial charge in [-0.15, -0.1) is 0 Å². The highest BCUT2D eigenvalue weighted by atomic mass is 32.2. The van der Waals surface area contributed by atoms with Gasteiger partial charge in [-0.2, -0.15) is 4.72 Å². The van der Waals surface area contributed by atoms with Crippen molar-refractivity contribution in [1.82, 2.24) is 4.72 Å². The molecule has 0 saturated heterocycles. The third kappa shape index (κ3) is 5.20. The number of aryl methyl sites for hydroxylation is 2. The maximum atomic E-state index is 12.5. The molecule has 0 saturated carbocycles. The Balaban J connectivity index is 3.07. The number of carboxylic acids is 2. The Morgan fingerprint density at radius 1 is 1.21 bits per heavy atom. The monoisotopic (exact) mass is 359 g/mol. The van der Waals surface area contributed by atoms with Gasteiger partial charge in [0.2, 0.25) is 10.0 Å². The summed E-state index contributed by atoms with van der Waals surface area (Å²) in [4.78, 5) is 21.6. The first kappa shape index (κ1) is 19.9. The Bertz CT molecular complexity index is 728. The van der Waals surface area contributed by atoms with Crippen LogP contribution in [-0.4, -0.2) is 43.7 Å². The maximum Gasteiger partial charge on any atom is 0.321 e. The molecule has 134 valence electrons. The first-order valence-electron chi connectivity index (χ1n) is 7.20. The van der Waals surface area contributed by atoms with Crippen molar-refractivity contribution in [1.29, 1.82) is 0 Å². The van der Waals surface area contributed by atoms with Crippen molar-refractivity contribution in [3.63, 3.8) is 0 Å². The van der Waals surface area contributed by atoms with Crippen LogP contribution < -0.4 is 9.46 Å². The molecule has 0 amide bonds. The molecule has 0 fully saturated rings. The van der Waals surface area contributed by atoms with Gasteiger partial charge in [0, 0.05) is 6.42 Å². The Morgan fingerprint density at radius 2 is 1.79 bits per heavy atom. The number of carboxylic acid groups (broad SMARTS) is 2. The molecule has 0 aromatic heterocycles. The first-order valence-corrected chi connectivity index (χ1v) is 8.69. The summed E-state index contributed by atoms with van der Waals surface area (Å²) in [6, 6.07) is 1.55. The quantitative estimate of drug-likeness (QED) is 0.606. The summed E-state index contributed by atoms with van der Waals surface area (Å²) in [5, 5.41) is 17.8. The van der Waals surface area contributed by atoms with Crippen LogP contribution in [0.5, 0.6) is 5.75 Å². The van der Waals surface area contributed by atoms with E-state index in [0.717, 1.165) is 5.56 Å². The zero-order valence-corrected chi connectivity index (χ0v) is 14.5. The summed E-state index contributed by atoms with van der Waals surface area (Å²) in [6.07, 6.45) is -0.328. The fraction of sp³-hybridized carbons (Fsp3) is 0.467. The van der Waals surface area contributed by atoms with Gasteiger partial charge in [0.25, 0.3) is 0 Å². The molecule has 9 heteroatoms. The van der Waals surface area contributed by atoms with E-state index >= 15 is 0 Å². The van der Waals surface area contributed by atoms with Crippen molar-refractivity contribution in [3.05, 3.63) is 23.3 Å². The van der Waals surface area contributed by atoms with E-state index in [1.807, 2.05) is 0 Å². The molecule has 0 heterocycles. The van der Waals surface area contributed by atoms with Crippen LogP contribution in [0, 0.1) is 13.8 Å². The van der Waals surface area contributed by atoms with Gasteiger partial charge in [-0.1, -0.05) is 0 Å². The molecule has 3 N–H and O–H groups in total. The smallest absolute Gasteiger partial charge is 0.321 e. The van der Waals surface area contributed by atoms with Crippen LogP contribution in [0.25, 0.3) is 0 Å². The van der Waals surface area contributed by atoms with Gasteiger partial charge in [-0.05, 0) is 49.9 Å². The number of hydrogen-bond donors (Lipinski definition) is 3. The van der Waals surface area contributed by atoms with Gasteiger partial charge in [-0.3, -0.25) is 9.59 Å². The number of ether oxygens (including phenoxy) is 1. The van der Waals surface area contributed by atoms with Crippen LogP contribution in [0.2, 0.25) is 0 Å². The van der Waals surface area contributed by atoms with Crippen LogP contribution in [-0.2, 0) is 19.6 Å². The topological polar surface area (TPSA) is 130 Å². The number of sulfonamides is 1. The number of benzene rings is 1. The molecule has 1 aromatic carbocycles. The third-order valence-corrected chi connectivity index (χ3v) is 5.04. The summed E-state index contributed by atoms with van der Waals surface area (Å²) in [7, 11) is -2.82. The fourth-order valence-electron chi connectivity index (χ4n) is 2.07. The number of rotatable bonds is 9.